The van der Waals surface area contributed by atoms with Gasteiger partial charge in [-0.15, -0.1) is 19.7 Å². The summed E-state index contributed by atoms with van der Waals surface area (Å²) in [5.41, 5.74) is 3.66. The highest BCUT2D eigenvalue weighted by Crippen LogP contribution is 2.26. The van der Waals surface area contributed by atoms with Gasteiger partial charge < -0.3 is 4.74 Å². The van der Waals surface area contributed by atoms with Gasteiger partial charge in [0, 0.05) is 19.6 Å². The van der Waals surface area contributed by atoms with Crippen molar-refractivity contribution in [2.24, 2.45) is 0 Å². The van der Waals surface area contributed by atoms with E-state index in [0.717, 1.165) is 31.8 Å². The summed E-state index contributed by atoms with van der Waals surface area (Å²) in [6.07, 6.45) is 6.57. The number of ether oxygens (including phenoxy) is 1. The van der Waals surface area contributed by atoms with E-state index in [-0.39, 0.29) is 0 Å². The van der Waals surface area contributed by atoms with Crippen molar-refractivity contribution in [1.29, 1.82) is 0 Å². The third kappa shape index (κ3) is 5.60. The number of allylic oxidation sites excluding steroid dienone is 1. The molecular formula is C19H27NO. The van der Waals surface area contributed by atoms with E-state index < -0.39 is 0 Å². The summed E-state index contributed by atoms with van der Waals surface area (Å²) in [7, 11) is 0. The van der Waals surface area contributed by atoms with Crippen LogP contribution in [0.2, 0.25) is 0 Å². The van der Waals surface area contributed by atoms with E-state index >= 15 is 0 Å². The fraction of sp³-hybridized carbons (Fsp3) is 0.368. The Balaban J connectivity index is 2.71. The quantitative estimate of drug-likeness (QED) is 0.600. The van der Waals surface area contributed by atoms with Crippen molar-refractivity contribution in [3.05, 3.63) is 66.8 Å². The molecule has 0 unspecified atom stereocenters. The minimum atomic E-state index is 0.662. The van der Waals surface area contributed by atoms with Crippen LogP contribution >= 0.6 is 0 Å². The largest absolute Gasteiger partial charge is 0.492 e. The molecule has 2 nitrogen and oxygen atoms in total. The van der Waals surface area contributed by atoms with Crippen LogP contribution in [0.4, 0.5) is 0 Å². The van der Waals surface area contributed by atoms with Crippen molar-refractivity contribution in [2.75, 3.05) is 26.2 Å². The van der Waals surface area contributed by atoms with Gasteiger partial charge in [-0.05, 0) is 31.4 Å². The van der Waals surface area contributed by atoms with Crippen molar-refractivity contribution in [2.45, 2.75) is 20.3 Å². The molecule has 0 aliphatic heterocycles. The zero-order valence-corrected chi connectivity index (χ0v) is 13.4. The van der Waals surface area contributed by atoms with Crippen molar-refractivity contribution in [1.82, 2.24) is 4.90 Å². The van der Waals surface area contributed by atoms with Crippen molar-refractivity contribution < 1.29 is 4.74 Å². The van der Waals surface area contributed by atoms with Crippen LogP contribution in [0.3, 0.4) is 0 Å². The van der Waals surface area contributed by atoms with Crippen LogP contribution in [-0.2, 0) is 6.42 Å². The third-order valence-corrected chi connectivity index (χ3v) is 3.29. The number of hydrogen-bond acceptors (Lipinski definition) is 2. The SMILES string of the molecule is C=CCc1cc(C)cc(C)c1OCCN(CC=C)CC=C. The van der Waals surface area contributed by atoms with Gasteiger partial charge in [0.05, 0.1) is 0 Å². The van der Waals surface area contributed by atoms with Crippen molar-refractivity contribution in [3.8, 4) is 5.75 Å². The van der Waals surface area contributed by atoms with Crippen LogP contribution in [0, 0.1) is 13.8 Å². The molecule has 0 heterocycles. The Morgan fingerprint density at radius 2 is 1.71 bits per heavy atom. The summed E-state index contributed by atoms with van der Waals surface area (Å²) in [5, 5.41) is 0. The Morgan fingerprint density at radius 1 is 1.05 bits per heavy atom. The van der Waals surface area contributed by atoms with E-state index in [1.54, 1.807) is 0 Å². The number of rotatable bonds is 10. The van der Waals surface area contributed by atoms with Gasteiger partial charge in [0.2, 0.25) is 0 Å². The predicted molar refractivity (Wildman–Crippen MR) is 92.1 cm³/mol. The van der Waals surface area contributed by atoms with E-state index in [4.69, 9.17) is 4.74 Å². The molecule has 0 fully saturated rings. The topological polar surface area (TPSA) is 12.5 Å². The van der Waals surface area contributed by atoms with Gasteiger partial charge in [-0.3, -0.25) is 4.90 Å². The summed E-state index contributed by atoms with van der Waals surface area (Å²) in [6.45, 7) is 18.8. The van der Waals surface area contributed by atoms with E-state index in [2.05, 4.69) is 50.6 Å². The van der Waals surface area contributed by atoms with Crippen LogP contribution in [-0.4, -0.2) is 31.1 Å². The summed E-state index contributed by atoms with van der Waals surface area (Å²) >= 11 is 0. The average Bonchev–Trinajstić information content (AvgIpc) is 2.42. The molecule has 0 bridgehead atoms. The lowest BCUT2D eigenvalue weighted by atomic mass is 10.0. The Hall–Kier alpha value is -1.80. The van der Waals surface area contributed by atoms with Crippen molar-refractivity contribution in [3.63, 3.8) is 0 Å². The zero-order valence-electron chi connectivity index (χ0n) is 13.4. The average molecular weight is 285 g/mol. The molecule has 0 N–H and O–H groups in total. The highest BCUT2D eigenvalue weighted by molar-refractivity contribution is 5.44. The maximum Gasteiger partial charge on any atom is 0.125 e. The number of nitrogens with zero attached hydrogens (tertiary/aromatic N) is 1. The summed E-state index contributed by atoms with van der Waals surface area (Å²) in [4.78, 5) is 2.25. The molecule has 0 atom stereocenters. The molecule has 0 amide bonds. The second-order valence-corrected chi connectivity index (χ2v) is 5.25. The zero-order chi connectivity index (χ0) is 15.7. The first-order valence-electron chi connectivity index (χ1n) is 7.40. The lowest BCUT2D eigenvalue weighted by molar-refractivity contribution is 0.234. The molecule has 0 aliphatic rings. The lowest BCUT2D eigenvalue weighted by Gasteiger charge is -2.20. The van der Waals surface area contributed by atoms with Crippen LogP contribution in [0.25, 0.3) is 0 Å². The van der Waals surface area contributed by atoms with Gasteiger partial charge in [-0.25, -0.2) is 0 Å². The van der Waals surface area contributed by atoms with Gasteiger partial charge in [-0.1, -0.05) is 35.9 Å². The van der Waals surface area contributed by atoms with E-state index in [9.17, 15) is 0 Å². The van der Waals surface area contributed by atoms with Crippen LogP contribution in [0.1, 0.15) is 16.7 Å². The van der Waals surface area contributed by atoms with Crippen LogP contribution < -0.4 is 4.74 Å². The summed E-state index contributed by atoms with van der Waals surface area (Å²) in [5.74, 6) is 0.998. The van der Waals surface area contributed by atoms with Gasteiger partial charge in [0.1, 0.15) is 12.4 Å². The molecule has 0 aromatic heterocycles. The van der Waals surface area contributed by atoms with E-state index in [0.29, 0.717) is 6.61 Å². The summed E-state index contributed by atoms with van der Waals surface area (Å²) in [6, 6.07) is 4.34. The predicted octanol–water partition coefficient (Wildman–Crippen LogP) is 4.08. The van der Waals surface area contributed by atoms with Gasteiger partial charge in [0.15, 0.2) is 0 Å². The maximum absolute atomic E-state index is 6.04. The summed E-state index contributed by atoms with van der Waals surface area (Å²) < 4.78 is 6.04. The first-order valence-corrected chi connectivity index (χ1v) is 7.40. The molecule has 0 spiro atoms. The molecule has 1 aromatic rings. The normalized spacial score (nSPS) is 10.4. The second-order valence-electron chi connectivity index (χ2n) is 5.25. The first-order chi connectivity index (χ1) is 10.1. The first kappa shape index (κ1) is 17.3. The fourth-order valence-corrected chi connectivity index (χ4v) is 2.46. The molecule has 2 heteroatoms. The Kier molecular flexibility index (Phi) is 7.55. The highest BCUT2D eigenvalue weighted by Gasteiger charge is 2.08. The highest BCUT2D eigenvalue weighted by atomic mass is 16.5. The Bertz CT molecular complexity index is 481. The standard InChI is InChI=1S/C19H27NO/c1-6-9-18-15-16(4)14-17(5)19(18)21-13-12-20(10-7-2)11-8-3/h6-8,14-15H,1-3,9-13H2,4-5H3. The van der Waals surface area contributed by atoms with Crippen LogP contribution in [0.5, 0.6) is 5.75 Å². The molecule has 0 aliphatic carbocycles. The molecule has 0 saturated heterocycles. The monoisotopic (exact) mass is 285 g/mol. The Morgan fingerprint density at radius 3 is 2.29 bits per heavy atom. The molecule has 114 valence electrons. The molecular weight excluding hydrogens is 258 g/mol. The fourth-order valence-electron chi connectivity index (χ4n) is 2.46. The third-order valence-electron chi connectivity index (χ3n) is 3.29. The van der Waals surface area contributed by atoms with E-state index in [1.165, 1.54) is 16.7 Å². The number of aryl methyl sites for hydroxylation is 2. The molecule has 1 rings (SSSR count). The Labute approximate surface area is 129 Å². The lowest BCUT2D eigenvalue weighted by Crippen LogP contribution is -2.29. The molecule has 21 heavy (non-hydrogen) atoms. The smallest absolute Gasteiger partial charge is 0.125 e. The number of hydrogen-bond donors (Lipinski definition) is 0. The molecule has 1 aromatic carbocycles. The molecule has 0 saturated carbocycles. The van der Waals surface area contributed by atoms with Crippen LogP contribution in [0.15, 0.2) is 50.1 Å². The minimum absolute atomic E-state index is 0.662. The number of benzene rings is 1. The van der Waals surface area contributed by atoms with Gasteiger partial charge in [-0.2, -0.15) is 0 Å². The van der Waals surface area contributed by atoms with Crippen molar-refractivity contribution >= 4 is 0 Å². The second kappa shape index (κ2) is 9.19. The minimum Gasteiger partial charge on any atom is -0.492 e. The van der Waals surface area contributed by atoms with Gasteiger partial charge >= 0.3 is 0 Å². The molecule has 0 radical (unpaired) electrons. The van der Waals surface area contributed by atoms with Gasteiger partial charge in [0.25, 0.3) is 0 Å². The van der Waals surface area contributed by atoms with E-state index in [1.807, 2.05) is 18.2 Å². The maximum atomic E-state index is 6.04.